The normalized spacial score (nSPS) is 17.8. The zero-order chi connectivity index (χ0) is 18.1. The third kappa shape index (κ3) is 5.63. The van der Waals surface area contributed by atoms with Crippen molar-refractivity contribution in [2.24, 2.45) is 10.9 Å². The number of likely N-dealkylation sites (N-methyl/N-ethyl adjacent to an activating group) is 1. The topological polar surface area (TPSA) is 40.1 Å². The molecule has 0 bridgehead atoms. The van der Waals surface area contributed by atoms with E-state index >= 15 is 0 Å². The SMILES string of the molecule is CCNC(=NCCN(CC)c1ccccc1C)N1CCC(COC)C1. The van der Waals surface area contributed by atoms with Gasteiger partial charge in [0.1, 0.15) is 0 Å². The molecular weight excluding hydrogens is 312 g/mol. The van der Waals surface area contributed by atoms with E-state index in [0.29, 0.717) is 5.92 Å². The zero-order valence-corrected chi connectivity index (χ0v) is 16.3. The number of nitrogens with zero attached hydrogens (tertiary/aromatic N) is 3. The van der Waals surface area contributed by atoms with Crippen molar-refractivity contribution < 1.29 is 4.74 Å². The van der Waals surface area contributed by atoms with E-state index in [9.17, 15) is 0 Å². The van der Waals surface area contributed by atoms with Crippen LogP contribution in [-0.4, -0.2) is 63.8 Å². The van der Waals surface area contributed by atoms with Crippen molar-refractivity contribution in [3.05, 3.63) is 29.8 Å². The molecule has 2 rings (SSSR count). The molecule has 1 heterocycles. The molecular formula is C20H34N4O. The van der Waals surface area contributed by atoms with Crippen LogP contribution >= 0.6 is 0 Å². The van der Waals surface area contributed by atoms with Crippen LogP contribution in [0.3, 0.4) is 0 Å². The molecule has 1 N–H and O–H groups in total. The lowest BCUT2D eigenvalue weighted by molar-refractivity contribution is 0.157. The maximum absolute atomic E-state index is 5.31. The Hall–Kier alpha value is -1.75. The molecule has 0 saturated carbocycles. The highest BCUT2D eigenvalue weighted by atomic mass is 16.5. The summed E-state index contributed by atoms with van der Waals surface area (Å²) < 4.78 is 5.31. The molecule has 5 nitrogen and oxygen atoms in total. The fourth-order valence-corrected chi connectivity index (χ4v) is 3.47. The molecule has 1 atom stereocenters. The maximum atomic E-state index is 5.31. The summed E-state index contributed by atoms with van der Waals surface area (Å²) in [5.74, 6) is 1.66. The van der Waals surface area contributed by atoms with Gasteiger partial charge in [0.25, 0.3) is 0 Å². The highest BCUT2D eigenvalue weighted by Gasteiger charge is 2.24. The summed E-state index contributed by atoms with van der Waals surface area (Å²) >= 11 is 0. The number of aryl methyl sites for hydroxylation is 1. The summed E-state index contributed by atoms with van der Waals surface area (Å²) in [6.07, 6.45) is 1.18. The highest BCUT2D eigenvalue weighted by Crippen LogP contribution is 2.19. The lowest BCUT2D eigenvalue weighted by Gasteiger charge is -2.25. The lowest BCUT2D eigenvalue weighted by Crippen LogP contribution is -2.41. The molecule has 1 aliphatic rings. The maximum Gasteiger partial charge on any atom is 0.193 e. The van der Waals surface area contributed by atoms with Crippen molar-refractivity contribution in [2.75, 3.05) is 57.9 Å². The van der Waals surface area contributed by atoms with E-state index in [0.717, 1.165) is 51.8 Å². The molecule has 1 aliphatic heterocycles. The van der Waals surface area contributed by atoms with Gasteiger partial charge in [0.2, 0.25) is 0 Å². The second-order valence-corrected chi connectivity index (χ2v) is 6.66. The van der Waals surface area contributed by atoms with Crippen LogP contribution in [0, 0.1) is 12.8 Å². The number of methoxy groups -OCH3 is 1. The smallest absolute Gasteiger partial charge is 0.193 e. The minimum Gasteiger partial charge on any atom is -0.384 e. The van der Waals surface area contributed by atoms with Crippen LogP contribution in [-0.2, 0) is 4.74 Å². The number of anilines is 1. The molecule has 0 spiro atoms. The number of likely N-dealkylation sites (tertiary alicyclic amines) is 1. The van der Waals surface area contributed by atoms with Crippen molar-refractivity contribution in [1.82, 2.24) is 10.2 Å². The third-order valence-electron chi connectivity index (χ3n) is 4.79. The van der Waals surface area contributed by atoms with Crippen LogP contribution in [0.1, 0.15) is 25.8 Å². The minimum absolute atomic E-state index is 0.618. The van der Waals surface area contributed by atoms with Gasteiger partial charge in [0, 0.05) is 51.4 Å². The Labute approximate surface area is 153 Å². The minimum atomic E-state index is 0.618. The predicted molar refractivity (Wildman–Crippen MR) is 107 cm³/mol. The molecule has 5 heteroatoms. The Morgan fingerprint density at radius 2 is 2.16 bits per heavy atom. The average molecular weight is 347 g/mol. The second-order valence-electron chi connectivity index (χ2n) is 6.66. The number of rotatable bonds is 8. The summed E-state index contributed by atoms with van der Waals surface area (Å²) in [7, 11) is 1.78. The molecule has 140 valence electrons. The Balaban J connectivity index is 1.95. The Kier molecular flexibility index (Phi) is 8.06. The van der Waals surface area contributed by atoms with Gasteiger partial charge in [-0.3, -0.25) is 4.99 Å². The second kappa shape index (κ2) is 10.3. The standard InChI is InChI=1S/C20H34N4O/c1-5-21-20(24-13-11-18(15-24)16-25-4)22-12-14-23(6-2)19-10-8-7-9-17(19)3/h7-10,18H,5-6,11-16H2,1-4H3,(H,21,22). The van der Waals surface area contributed by atoms with Crippen LogP contribution in [0.2, 0.25) is 0 Å². The van der Waals surface area contributed by atoms with Crippen molar-refractivity contribution in [2.45, 2.75) is 27.2 Å². The van der Waals surface area contributed by atoms with Gasteiger partial charge in [-0.25, -0.2) is 0 Å². The summed E-state index contributed by atoms with van der Waals surface area (Å²) in [6.45, 7) is 13.1. The molecule has 1 unspecified atom stereocenters. The van der Waals surface area contributed by atoms with Crippen molar-refractivity contribution in [1.29, 1.82) is 0 Å². The molecule has 0 aliphatic carbocycles. The van der Waals surface area contributed by atoms with E-state index in [1.165, 1.54) is 17.7 Å². The van der Waals surface area contributed by atoms with E-state index < -0.39 is 0 Å². The molecule has 1 aromatic rings. The van der Waals surface area contributed by atoms with Crippen molar-refractivity contribution in [3.8, 4) is 0 Å². The quantitative estimate of drug-likeness (QED) is 0.580. The summed E-state index contributed by atoms with van der Waals surface area (Å²) in [5, 5.41) is 3.45. The molecule has 0 amide bonds. The first kappa shape index (κ1) is 19.6. The number of hydrogen-bond donors (Lipinski definition) is 1. The Bertz CT molecular complexity index is 546. The van der Waals surface area contributed by atoms with Gasteiger partial charge >= 0.3 is 0 Å². The van der Waals surface area contributed by atoms with Gasteiger partial charge in [-0.1, -0.05) is 18.2 Å². The zero-order valence-electron chi connectivity index (χ0n) is 16.3. The van der Waals surface area contributed by atoms with Crippen LogP contribution < -0.4 is 10.2 Å². The average Bonchev–Trinajstić information content (AvgIpc) is 3.07. The molecule has 1 aromatic carbocycles. The number of hydrogen-bond acceptors (Lipinski definition) is 3. The van der Waals surface area contributed by atoms with Gasteiger partial charge in [-0.2, -0.15) is 0 Å². The lowest BCUT2D eigenvalue weighted by atomic mass is 10.1. The fraction of sp³-hybridized carbons (Fsp3) is 0.650. The molecule has 1 fully saturated rings. The summed E-state index contributed by atoms with van der Waals surface area (Å²) in [4.78, 5) is 9.66. The summed E-state index contributed by atoms with van der Waals surface area (Å²) in [6, 6.07) is 8.57. The highest BCUT2D eigenvalue weighted by molar-refractivity contribution is 5.80. The largest absolute Gasteiger partial charge is 0.384 e. The summed E-state index contributed by atoms with van der Waals surface area (Å²) in [5.41, 5.74) is 2.63. The molecule has 25 heavy (non-hydrogen) atoms. The predicted octanol–water partition coefficient (Wildman–Crippen LogP) is 2.76. The number of nitrogens with one attached hydrogen (secondary N) is 1. The first-order valence-electron chi connectivity index (χ1n) is 9.52. The number of guanidine groups is 1. The van der Waals surface area contributed by atoms with E-state index in [4.69, 9.17) is 9.73 Å². The van der Waals surface area contributed by atoms with Gasteiger partial charge in [-0.05, 0) is 38.8 Å². The van der Waals surface area contributed by atoms with E-state index in [-0.39, 0.29) is 0 Å². The van der Waals surface area contributed by atoms with Crippen LogP contribution in [0.4, 0.5) is 5.69 Å². The van der Waals surface area contributed by atoms with Crippen molar-refractivity contribution >= 4 is 11.6 Å². The Morgan fingerprint density at radius 3 is 2.84 bits per heavy atom. The molecule has 0 aromatic heterocycles. The molecule has 1 saturated heterocycles. The van der Waals surface area contributed by atoms with Gasteiger partial charge in [-0.15, -0.1) is 0 Å². The number of aliphatic imine (C=N–C) groups is 1. The first-order valence-corrected chi connectivity index (χ1v) is 9.52. The van der Waals surface area contributed by atoms with Gasteiger partial charge in [0.05, 0.1) is 13.2 Å². The van der Waals surface area contributed by atoms with E-state index in [2.05, 4.69) is 60.2 Å². The first-order chi connectivity index (χ1) is 12.2. The number of para-hydroxylation sites is 1. The third-order valence-corrected chi connectivity index (χ3v) is 4.79. The van der Waals surface area contributed by atoms with Gasteiger partial charge < -0.3 is 19.9 Å². The monoisotopic (exact) mass is 346 g/mol. The Morgan fingerprint density at radius 1 is 1.36 bits per heavy atom. The van der Waals surface area contributed by atoms with E-state index in [1.54, 1.807) is 7.11 Å². The fourth-order valence-electron chi connectivity index (χ4n) is 3.47. The van der Waals surface area contributed by atoms with Crippen LogP contribution in [0.5, 0.6) is 0 Å². The van der Waals surface area contributed by atoms with Gasteiger partial charge in [0.15, 0.2) is 5.96 Å². The van der Waals surface area contributed by atoms with Crippen LogP contribution in [0.25, 0.3) is 0 Å². The number of ether oxygens (including phenoxy) is 1. The van der Waals surface area contributed by atoms with Crippen molar-refractivity contribution in [3.63, 3.8) is 0 Å². The number of benzene rings is 1. The van der Waals surface area contributed by atoms with E-state index in [1.807, 2.05) is 0 Å². The van der Waals surface area contributed by atoms with Crippen LogP contribution in [0.15, 0.2) is 29.3 Å². The molecule has 0 radical (unpaired) electrons.